The third kappa shape index (κ3) is 1.44. The summed E-state index contributed by atoms with van der Waals surface area (Å²) in [5, 5.41) is 0. The molecule has 1 heterocycles. The summed E-state index contributed by atoms with van der Waals surface area (Å²) in [5.41, 5.74) is 10.9. The van der Waals surface area contributed by atoms with E-state index in [9.17, 15) is 0 Å². The molecule has 82 valence electrons. The van der Waals surface area contributed by atoms with Crippen molar-refractivity contribution in [2.24, 2.45) is 5.73 Å². The first-order chi connectivity index (χ1) is 7.88. The second-order valence-electron chi connectivity index (χ2n) is 4.27. The summed E-state index contributed by atoms with van der Waals surface area (Å²) >= 11 is 0. The van der Waals surface area contributed by atoms with Gasteiger partial charge in [0.05, 0.1) is 12.0 Å². The van der Waals surface area contributed by atoms with Crippen LogP contribution in [0.2, 0.25) is 0 Å². The summed E-state index contributed by atoms with van der Waals surface area (Å²) in [5.74, 6) is 0. The van der Waals surface area contributed by atoms with Crippen molar-refractivity contribution in [3.05, 3.63) is 47.5 Å². The number of benzene rings is 1. The van der Waals surface area contributed by atoms with Crippen LogP contribution in [0.15, 0.2) is 30.7 Å². The molecule has 1 aromatic heterocycles. The van der Waals surface area contributed by atoms with Crippen molar-refractivity contribution >= 4 is 0 Å². The van der Waals surface area contributed by atoms with Crippen molar-refractivity contribution in [3.8, 4) is 5.69 Å². The number of hydrogen-bond acceptors (Lipinski definition) is 2. The molecule has 2 N–H and O–H groups in total. The second-order valence-corrected chi connectivity index (χ2v) is 4.27. The third-order valence-electron chi connectivity index (χ3n) is 3.28. The van der Waals surface area contributed by atoms with Crippen LogP contribution in [0.25, 0.3) is 5.69 Å². The monoisotopic (exact) mass is 213 g/mol. The average Bonchev–Trinajstić information content (AvgIpc) is 2.96. The molecule has 0 bridgehead atoms. The lowest BCUT2D eigenvalue weighted by Gasteiger charge is -2.08. The minimum Gasteiger partial charge on any atom is -0.325 e. The zero-order valence-electron chi connectivity index (χ0n) is 9.19. The molecule has 1 aliphatic carbocycles. The van der Waals surface area contributed by atoms with Crippen LogP contribution in [-0.4, -0.2) is 9.55 Å². The highest BCUT2D eigenvalue weighted by molar-refractivity contribution is 5.43. The van der Waals surface area contributed by atoms with E-state index >= 15 is 0 Å². The number of hydrogen-bond donors (Lipinski definition) is 1. The Balaban J connectivity index is 2.07. The molecule has 0 amide bonds. The van der Waals surface area contributed by atoms with Gasteiger partial charge in [0.1, 0.15) is 0 Å². The van der Waals surface area contributed by atoms with Gasteiger partial charge in [-0.1, -0.05) is 6.07 Å². The zero-order chi connectivity index (χ0) is 11.0. The molecule has 16 heavy (non-hydrogen) atoms. The molecule has 2 aromatic rings. The lowest BCUT2D eigenvalue weighted by molar-refractivity contribution is 0.903. The van der Waals surface area contributed by atoms with E-state index in [0.29, 0.717) is 6.54 Å². The van der Waals surface area contributed by atoms with Gasteiger partial charge < -0.3 is 10.3 Å². The van der Waals surface area contributed by atoms with E-state index in [0.717, 1.165) is 5.69 Å². The van der Waals surface area contributed by atoms with E-state index in [4.69, 9.17) is 5.73 Å². The van der Waals surface area contributed by atoms with Gasteiger partial charge in [-0.3, -0.25) is 0 Å². The molecule has 0 saturated heterocycles. The molecule has 1 aliphatic rings. The smallest absolute Gasteiger partial charge is 0.0994 e. The minimum absolute atomic E-state index is 0.525. The first-order valence-electron chi connectivity index (χ1n) is 5.72. The van der Waals surface area contributed by atoms with Gasteiger partial charge in [-0.2, -0.15) is 0 Å². The van der Waals surface area contributed by atoms with Gasteiger partial charge in [-0.15, -0.1) is 0 Å². The van der Waals surface area contributed by atoms with Crippen LogP contribution in [0.4, 0.5) is 0 Å². The van der Waals surface area contributed by atoms with Crippen LogP contribution in [-0.2, 0) is 19.4 Å². The largest absolute Gasteiger partial charge is 0.325 e. The molecule has 0 fully saturated rings. The molecule has 3 heteroatoms. The molecular formula is C13H15N3. The van der Waals surface area contributed by atoms with Gasteiger partial charge in [0.15, 0.2) is 0 Å². The predicted octanol–water partition coefficient (Wildman–Crippen LogP) is 1.82. The summed E-state index contributed by atoms with van der Waals surface area (Å²) in [6, 6.07) is 6.66. The Hall–Kier alpha value is -1.61. The number of aryl methyl sites for hydroxylation is 2. The summed E-state index contributed by atoms with van der Waals surface area (Å²) < 4.78 is 2.07. The summed E-state index contributed by atoms with van der Waals surface area (Å²) in [7, 11) is 0. The van der Waals surface area contributed by atoms with Gasteiger partial charge in [-0.25, -0.2) is 4.98 Å². The van der Waals surface area contributed by atoms with Gasteiger partial charge in [0.2, 0.25) is 0 Å². The lowest BCUT2D eigenvalue weighted by atomic mass is 10.1. The fourth-order valence-corrected chi connectivity index (χ4v) is 2.41. The maximum absolute atomic E-state index is 5.68. The highest BCUT2D eigenvalue weighted by atomic mass is 15.1. The van der Waals surface area contributed by atoms with Gasteiger partial charge in [0, 0.05) is 18.4 Å². The number of imidazole rings is 1. The molecule has 0 spiro atoms. The Kier molecular flexibility index (Phi) is 2.26. The highest BCUT2D eigenvalue weighted by Crippen LogP contribution is 2.24. The number of nitrogens with zero attached hydrogens (tertiary/aromatic N) is 2. The highest BCUT2D eigenvalue weighted by Gasteiger charge is 2.12. The molecular weight excluding hydrogens is 198 g/mol. The molecule has 3 nitrogen and oxygen atoms in total. The number of fused-ring (bicyclic) bond motifs is 1. The molecule has 0 unspecified atom stereocenters. The molecule has 0 saturated carbocycles. The van der Waals surface area contributed by atoms with Crippen molar-refractivity contribution < 1.29 is 0 Å². The molecule has 0 atom stereocenters. The molecule has 0 radical (unpaired) electrons. The van der Waals surface area contributed by atoms with E-state index in [2.05, 4.69) is 27.8 Å². The van der Waals surface area contributed by atoms with E-state index < -0.39 is 0 Å². The maximum Gasteiger partial charge on any atom is 0.0994 e. The number of aromatic nitrogens is 2. The van der Waals surface area contributed by atoms with Gasteiger partial charge >= 0.3 is 0 Å². The number of rotatable bonds is 2. The summed E-state index contributed by atoms with van der Waals surface area (Å²) in [4.78, 5) is 4.15. The van der Waals surface area contributed by atoms with E-state index in [1.165, 1.54) is 36.1 Å². The van der Waals surface area contributed by atoms with Crippen molar-refractivity contribution in [2.75, 3.05) is 0 Å². The van der Waals surface area contributed by atoms with Crippen LogP contribution in [0, 0.1) is 0 Å². The average molecular weight is 213 g/mol. The molecule has 0 aliphatic heterocycles. The van der Waals surface area contributed by atoms with Crippen LogP contribution in [0.5, 0.6) is 0 Å². The Morgan fingerprint density at radius 1 is 1.25 bits per heavy atom. The van der Waals surface area contributed by atoms with Crippen molar-refractivity contribution in [1.82, 2.24) is 9.55 Å². The van der Waals surface area contributed by atoms with Crippen LogP contribution in [0.1, 0.15) is 23.2 Å². The fourth-order valence-electron chi connectivity index (χ4n) is 2.41. The summed E-state index contributed by atoms with van der Waals surface area (Å²) in [6.07, 6.45) is 7.37. The molecule has 3 rings (SSSR count). The van der Waals surface area contributed by atoms with Crippen LogP contribution >= 0.6 is 0 Å². The Morgan fingerprint density at radius 2 is 2.12 bits per heavy atom. The van der Waals surface area contributed by atoms with Crippen molar-refractivity contribution in [2.45, 2.75) is 25.8 Å². The van der Waals surface area contributed by atoms with Gasteiger partial charge in [-0.05, 0) is 42.5 Å². The minimum atomic E-state index is 0.525. The van der Waals surface area contributed by atoms with E-state index in [-0.39, 0.29) is 0 Å². The van der Waals surface area contributed by atoms with Crippen LogP contribution < -0.4 is 5.73 Å². The quantitative estimate of drug-likeness (QED) is 0.827. The maximum atomic E-state index is 5.68. The van der Waals surface area contributed by atoms with E-state index in [1.807, 2.05) is 12.5 Å². The Morgan fingerprint density at radius 3 is 3.00 bits per heavy atom. The molecule has 1 aromatic carbocycles. The fraction of sp³-hybridized carbons (Fsp3) is 0.308. The lowest BCUT2D eigenvalue weighted by Crippen LogP contribution is -2.04. The van der Waals surface area contributed by atoms with Crippen molar-refractivity contribution in [3.63, 3.8) is 0 Å². The topological polar surface area (TPSA) is 43.8 Å². The number of nitrogens with two attached hydrogens (primary N) is 1. The van der Waals surface area contributed by atoms with E-state index in [1.54, 1.807) is 0 Å². The zero-order valence-corrected chi connectivity index (χ0v) is 9.19. The van der Waals surface area contributed by atoms with Crippen molar-refractivity contribution in [1.29, 1.82) is 0 Å². The summed E-state index contributed by atoms with van der Waals surface area (Å²) in [6.45, 7) is 0.525. The van der Waals surface area contributed by atoms with Gasteiger partial charge in [0.25, 0.3) is 0 Å². The van der Waals surface area contributed by atoms with Crippen LogP contribution in [0.3, 0.4) is 0 Å². The standard InChI is InChI=1S/C13H15N3/c14-7-13-8-15-9-16(13)12-5-4-10-2-1-3-11(10)6-12/h4-6,8-9H,1-3,7,14H2. The normalized spacial score (nSPS) is 14.1. The SMILES string of the molecule is NCc1cncn1-c1ccc2c(c1)CCC2. The Labute approximate surface area is 94.9 Å². The first-order valence-corrected chi connectivity index (χ1v) is 5.72. The third-order valence-corrected chi connectivity index (χ3v) is 3.28. The Bertz CT molecular complexity index is 514. The predicted molar refractivity (Wildman–Crippen MR) is 63.5 cm³/mol. The first kappa shape index (κ1) is 9.60. The second kappa shape index (κ2) is 3.76.